The minimum atomic E-state index is -1.52. The van der Waals surface area contributed by atoms with Gasteiger partial charge in [-0.3, -0.25) is 4.79 Å². The van der Waals surface area contributed by atoms with Gasteiger partial charge >= 0.3 is 0 Å². The molecule has 0 radical (unpaired) electrons. The lowest BCUT2D eigenvalue weighted by atomic mass is 10.0. The summed E-state index contributed by atoms with van der Waals surface area (Å²) in [7, 11) is 0. The molecule has 0 spiro atoms. The Morgan fingerprint density at radius 1 is 1.20 bits per heavy atom. The second kappa shape index (κ2) is 5.60. The van der Waals surface area contributed by atoms with E-state index in [1.54, 1.807) is 24.3 Å². The summed E-state index contributed by atoms with van der Waals surface area (Å²) in [4.78, 5) is 11.4. The van der Waals surface area contributed by atoms with Crippen molar-refractivity contribution in [2.75, 3.05) is 6.61 Å². The fraction of sp³-hybridized carbons (Fsp3) is 0.364. The van der Waals surface area contributed by atoms with Crippen molar-refractivity contribution >= 4 is 5.78 Å². The monoisotopic (exact) mass is 210 g/mol. The highest BCUT2D eigenvalue weighted by Crippen LogP contribution is 2.04. The van der Waals surface area contributed by atoms with E-state index < -0.39 is 24.6 Å². The van der Waals surface area contributed by atoms with Crippen molar-refractivity contribution in [3.8, 4) is 0 Å². The SMILES string of the molecule is O=C(Cc1ccccc1)C(O)C(O)CO. The predicted octanol–water partition coefficient (Wildman–Crippen LogP) is -0.488. The number of hydrogen-bond donors (Lipinski definition) is 3. The van der Waals surface area contributed by atoms with Crippen LogP contribution in [0, 0.1) is 0 Å². The zero-order valence-corrected chi connectivity index (χ0v) is 8.21. The zero-order chi connectivity index (χ0) is 11.3. The summed E-state index contributed by atoms with van der Waals surface area (Å²) in [5, 5.41) is 26.9. The number of hydrogen-bond acceptors (Lipinski definition) is 4. The average Bonchev–Trinajstić information content (AvgIpc) is 2.28. The molecule has 82 valence electrons. The molecule has 0 amide bonds. The molecule has 0 aliphatic carbocycles. The molecular weight excluding hydrogens is 196 g/mol. The van der Waals surface area contributed by atoms with Crippen LogP contribution in [0.5, 0.6) is 0 Å². The van der Waals surface area contributed by atoms with Gasteiger partial charge in [0, 0.05) is 6.42 Å². The van der Waals surface area contributed by atoms with E-state index in [9.17, 15) is 9.90 Å². The lowest BCUT2D eigenvalue weighted by Gasteiger charge is -2.13. The molecule has 0 aromatic heterocycles. The summed E-state index contributed by atoms with van der Waals surface area (Å²) >= 11 is 0. The summed E-state index contributed by atoms with van der Waals surface area (Å²) in [6, 6.07) is 8.92. The Bertz CT molecular complexity index is 310. The maximum atomic E-state index is 11.4. The first-order valence-electron chi connectivity index (χ1n) is 4.68. The van der Waals surface area contributed by atoms with Gasteiger partial charge in [-0.15, -0.1) is 0 Å². The van der Waals surface area contributed by atoms with Gasteiger partial charge < -0.3 is 15.3 Å². The Balaban J connectivity index is 2.56. The molecule has 0 heterocycles. The van der Waals surface area contributed by atoms with Crippen LogP contribution in [0.1, 0.15) is 5.56 Å². The van der Waals surface area contributed by atoms with Crippen LogP contribution in [0.3, 0.4) is 0 Å². The minimum Gasteiger partial charge on any atom is -0.394 e. The third-order valence-electron chi connectivity index (χ3n) is 2.10. The standard InChI is InChI=1S/C11H14O4/c12-7-10(14)11(15)9(13)6-8-4-2-1-3-5-8/h1-5,10-12,14-15H,6-7H2. The first-order chi connectivity index (χ1) is 7.15. The summed E-state index contributed by atoms with van der Waals surface area (Å²) in [6.45, 7) is -0.623. The van der Waals surface area contributed by atoms with E-state index >= 15 is 0 Å². The van der Waals surface area contributed by atoms with E-state index in [0.29, 0.717) is 0 Å². The van der Waals surface area contributed by atoms with E-state index in [0.717, 1.165) is 5.56 Å². The van der Waals surface area contributed by atoms with Crippen LogP contribution < -0.4 is 0 Å². The maximum Gasteiger partial charge on any atom is 0.168 e. The number of carbonyl (C=O) groups is 1. The van der Waals surface area contributed by atoms with Gasteiger partial charge in [0.15, 0.2) is 5.78 Å². The van der Waals surface area contributed by atoms with E-state index in [1.807, 2.05) is 6.07 Å². The highest BCUT2D eigenvalue weighted by molar-refractivity contribution is 5.85. The predicted molar refractivity (Wildman–Crippen MR) is 54.3 cm³/mol. The molecule has 0 fully saturated rings. The molecule has 1 aromatic rings. The van der Waals surface area contributed by atoms with Gasteiger partial charge in [0.2, 0.25) is 0 Å². The molecule has 0 saturated heterocycles. The molecular formula is C11H14O4. The molecule has 0 bridgehead atoms. The molecule has 2 atom stereocenters. The Kier molecular flexibility index (Phi) is 4.42. The molecule has 1 rings (SSSR count). The van der Waals surface area contributed by atoms with Gasteiger partial charge in [0.05, 0.1) is 6.61 Å². The van der Waals surface area contributed by atoms with Crippen molar-refractivity contribution in [3.05, 3.63) is 35.9 Å². The number of aliphatic hydroxyl groups excluding tert-OH is 3. The lowest BCUT2D eigenvalue weighted by Crippen LogP contribution is -2.37. The van der Waals surface area contributed by atoms with Crippen molar-refractivity contribution < 1.29 is 20.1 Å². The Morgan fingerprint density at radius 3 is 2.33 bits per heavy atom. The number of rotatable bonds is 5. The van der Waals surface area contributed by atoms with Crippen molar-refractivity contribution in [3.63, 3.8) is 0 Å². The molecule has 2 unspecified atom stereocenters. The van der Waals surface area contributed by atoms with Crippen LogP contribution >= 0.6 is 0 Å². The van der Waals surface area contributed by atoms with Gasteiger partial charge in [0.1, 0.15) is 12.2 Å². The van der Waals surface area contributed by atoms with E-state index in [2.05, 4.69) is 0 Å². The summed E-state index contributed by atoms with van der Waals surface area (Å²) in [5.41, 5.74) is 0.770. The van der Waals surface area contributed by atoms with Crippen LogP contribution in [0.15, 0.2) is 30.3 Å². The molecule has 15 heavy (non-hydrogen) atoms. The van der Waals surface area contributed by atoms with Crippen LogP contribution in [0.2, 0.25) is 0 Å². The van der Waals surface area contributed by atoms with Gasteiger partial charge in [-0.25, -0.2) is 0 Å². The van der Waals surface area contributed by atoms with Crippen molar-refractivity contribution in [2.45, 2.75) is 18.6 Å². The fourth-order valence-electron chi connectivity index (χ4n) is 1.22. The molecule has 4 nitrogen and oxygen atoms in total. The lowest BCUT2D eigenvalue weighted by molar-refractivity contribution is -0.133. The Hall–Kier alpha value is -1.23. The topological polar surface area (TPSA) is 77.8 Å². The smallest absolute Gasteiger partial charge is 0.168 e. The Labute approximate surface area is 87.8 Å². The van der Waals surface area contributed by atoms with Gasteiger partial charge in [-0.2, -0.15) is 0 Å². The molecule has 0 aliphatic heterocycles. The number of Topliss-reactive ketones (excluding diaryl/α,β-unsaturated/α-hetero) is 1. The van der Waals surface area contributed by atoms with E-state index in [4.69, 9.17) is 10.2 Å². The quantitative estimate of drug-likeness (QED) is 0.613. The van der Waals surface area contributed by atoms with Crippen LogP contribution in [0.25, 0.3) is 0 Å². The highest BCUT2D eigenvalue weighted by atomic mass is 16.4. The Morgan fingerprint density at radius 2 is 1.80 bits per heavy atom. The van der Waals surface area contributed by atoms with Crippen molar-refractivity contribution in [1.29, 1.82) is 0 Å². The number of carbonyl (C=O) groups excluding carboxylic acids is 1. The number of aliphatic hydroxyl groups is 3. The van der Waals surface area contributed by atoms with E-state index in [-0.39, 0.29) is 6.42 Å². The van der Waals surface area contributed by atoms with Crippen LogP contribution in [-0.2, 0) is 11.2 Å². The van der Waals surface area contributed by atoms with E-state index in [1.165, 1.54) is 0 Å². The highest BCUT2D eigenvalue weighted by Gasteiger charge is 2.23. The fourth-order valence-corrected chi connectivity index (χ4v) is 1.22. The average molecular weight is 210 g/mol. The second-order valence-electron chi connectivity index (χ2n) is 3.32. The molecule has 3 N–H and O–H groups in total. The van der Waals surface area contributed by atoms with Gasteiger partial charge in [-0.1, -0.05) is 30.3 Å². The molecule has 0 aliphatic rings. The zero-order valence-electron chi connectivity index (χ0n) is 8.21. The van der Waals surface area contributed by atoms with Crippen LogP contribution in [0.4, 0.5) is 0 Å². The first-order valence-corrected chi connectivity index (χ1v) is 4.68. The maximum absolute atomic E-state index is 11.4. The van der Waals surface area contributed by atoms with Crippen molar-refractivity contribution in [1.82, 2.24) is 0 Å². The molecule has 4 heteroatoms. The van der Waals surface area contributed by atoms with Gasteiger partial charge in [0.25, 0.3) is 0 Å². The van der Waals surface area contributed by atoms with Crippen molar-refractivity contribution in [2.24, 2.45) is 0 Å². The second-order valence-corrected chi connectivity index (χ2v) is 3.32. The largest absolute Gasteiger partial charge is 0.394 e. The number of benzene rings is 1. The third kappa shape index (κ3) is 3.43. The van der Waals surface area contributed by atoms with Crippen LogP contribution in [-0.4, -0.2) is 39.9 Å². The van der Waals surface area contributed by atoms with Gasteiger partial charge in [-0.05, 0) is 5.56 Å². The first kappa shape index (κ1) is 11.8. The third-order valence-corrected chi connectivity index (χ3v) is 2.10. The summed E-state index contributed by atoms with van der Waals surface area (Å²) in [5.74, 6) is -0.497. The number of ketones is 1. The summed E-state index contributed by atoms with van der Waals surface area (Å²) < 4.78 is 0. The minimum absolute atomic E-state index is 0.0546. The normalized spacial score (nSPS) is 14.6. The molecule has 0 saturated carbocycles. The molecule has 1 aromatic carbocycles. The summed E-state index contributed by atoms with van der Waals surface area (Å²) in [6.07, 6.45) is -2.87.